The van der Waals surface area contributed by atoms with Crippen molar-refractivity contribution in [2.45, 2.75) is 25.4 Å². The van der Waals surface area contributed by atoms with Crippen LogP contribution in [0, 0.1) is 0 Å². The van der Waals surface area contributed by atoms with Gasteiger partial charge in [0.25, 0.3) is 0 Å². The number of rotatable bonds is 4. The van der Waals surface area contributed by atoms with Gasteiger partial charge in [-0.1, -0.05) is 145 Å². The molecular formula is C46H34Cl2F6SiZr. The molecule has 0 N–H and O–H groups in total. The summed E-state index contributed by atoms with van der Waals surface area (Å²) in [5, 5.41) is 4.25. The molecule has 282 valence electrons. The summed E-state index contributed by atoms with van der Waals surface area (Å²) in [5.74, 6) is 0. The average molecular weight is 891 g/mol. The second kappa shape index (κ2) is 19.8. The summed E-state index contributed by atoms with van der Waals surface area (Å²) in [4.78, 5) is 0. The van der Waals surface area contributed by atoms with Gasteiger partial charge in [-0.05, 0) is 35.4 Å². The molecule has 8 aromatic rings. The summed E-state index contributed by atoms with van der Waals surface area (Å²) in [6.45, 7) is 4.31. The van der Waals surface area contributed by atoms with Crippen molar-refractivity contribution in [3.63, 3.8) is 0 Å². The van der Waals surface area contributed by atoms with E-state index >= 15 is 0 Å². The molecule has 0 nitrogen and oxygen atoms in total. The number of hydrogen-bond acceptors (Lipinski definition) is 0. The van der Waals surface area contributed by atoms with Crippen molar-refractivity contribution in [1.29, 1.82) is 0 Å². The number of alkyl halides is 6. The Morgan fingerprint density at radius 1 is 0.446 bits per heavy atom. The van der Waals surface area contributed by atoms with Gasteiger partial charge in [-0.2, -0.15) is 26.3 Å². The third-order valence-corrected chi connectivity index (χ3v) is 8.76. The molecule has 8 aromatic carbocycles. The molecular weight excluding hydrogens is 857 g/mol. The van der Waals surface area contributed by atoms with Crippen LogP contribution in [0.25, 0.3) is 66.1 Å². The number of hydrogen-bond donors (Lipinski definition) is 0. The van der Waals surface area contributed by atoms with E-state index in [1.807, 2.05) is 97.1 Å². The van der Waals surface area contributed by atoms with Crippen LogP contribution < -0.4 is 0 Å². The van der Waals surface area contributed by atoms with Gasteiger partial charge in [-0.3, -0.25) is 0 Å². The van der Waals surface area contributed by atoms with Gasteiger partial charge >= 0.3 is 50.2 Å². The van der Waals surface area contributed by atoms with Crippen LogP contribution in [0.2, 0.25) is 13.1 Å². The van der Waals surface area contributed by atoms with Gasteiger partial charge in [0.05, 0.1) is 11.1 Å². The first-order chi connectivity index (χ1) is 26.9. The van der Waals surface area contributed by atoms with E-state index in [9.17, 15) is 26.3 Å². The van der Waals surface area contributed by atoms with Crippen molar-refractivity contribution in [1.82, 2.24) is 0 Å². The average Bonchev–Trinajstić information content (AvgIpc) is 3.85. The van der Waals surface area contributed by atoms with E-state index in [1.165, 1.54) is 24.3 Å². The van der Waals surface area contributed by atoms with Crippen LogP contribution in [-0.4, -0.2) is 9.52 Å². The van der Waals surface area contributed by atoms with E-state index in [0.717, 1.165) is 99.8 Å². The van der Waals surface area contributed by atoms with Crippen molar-refractivity contribution < 1.29 is 47.2 Å². The van der Waals surface area contributed by atoms with Gasteiger partial charge < -0.3 is 0 Å². The first-order valence-electron chi connectivity index (χ1n) is 17.3. The predicted molar refractivity (Wildman–Crippen MR) is 220 cm³/mol. The van der Waals surface area contributed by atoms with E-state index in [2.05, 4.69) is 37.4 Å². The fraction of sp³-hybridized carbons (Fsp3) is 0.0870. The summed E-state index contributed by atoms with van der Waals surface area (Å²) in [7, 11) is 11.0. The molecule has 10 heteroatoms. The second-order valence-corrected chi connectivity index (χ2v) is 17.3. The van der Waals surface area contributed by atoms with E-state index in [4.69, 9.17) is 17.0 Å². The first-order valence-corrected chi connectivity index (χ1v) is 25.6. The second-order valence-electron chi connectivity index (χ2n) is 12.6. The SMILES string of the molecule is C[Si]C.FC(F)(F)c1ccc(-c2cccc3[cH-]c(-c4ccccc4)cc23)cc1.FC(F)(F)c1ccc(-c2cccc3[cH-]c(-c4ccccc4)cc23)cc1.[Cl][Zr+2][Cl]. The summed E-state index contributed by atoms with van der Waals surface area (Å²) in [6, 6.07) is 51.0. The van der Waals surface area contributed by atoms with E-state index in [1.54, 1.807) is 0 Å². The van der Waals surface area contributed by atoms with Crippen LogP contribution in [0.1, 0.15) is 11.1 Å². The summed E-state index contributed by atoms with van der Waals surface area (Å²) in [6.07, 6.45) is -8.63. The number of fused-ring (bicyclic) bond motifs is 2. The summed E-state index contributed by atoms with van der Waals surface area (Å²) in [5.41, 5.74) is 6.64. The molecule has 0 bridgehead atoms. The molecule has 0 heterocycles. The Kier molecular flexibility index (Phi) is 15.2. The molecule has 56 heavy (non-hydrogen) atoms. The quantitative estimate of drug-likeness (QED) is 0.0938. The van der Waals surface area contributed by atoms with E-state index < -0.39 is 44.3 Å². The van der Waals surface area contributed by atoms with Crippen molar-refractivity contribution in [2.75, 3.05) is 0 Å². The molecule has 0 saturated carbocycles. The monoisotopic (exact) mass is 888 g/mol. The van der Waals surface area contributed by atoms with Gasteiger partial charge in [0.1, 0.15) is 0 Å². The zero-order chi connectivity index (χ0) is 40.3. The Labute approximate surface area is 344 Å². The molecule has 0 amide bonds. The van der Waals surface area contributed by atoms with Crippen LogP contribution >= 0.6 is 17.0 Å². The molecule has 0 fully saturated rings. The van der Waals surface area contributed by atoms with Gasteiger partial charge in [0.15, 0.2) is 0 Å². The topological polar surface area (TPSA) is 0 Å². The molecule has 0 saturated heterocycles. The fourth-order valence-electron chi connectivity index (χ4n) is 6.24. The fourth-order valence-corrected chi connectivity index (χ4v) is 6.24. The van der Waals surface area contributed by atoms with Crippen LogP contribution in [0.15, 0.2) is 170 Å². The van der Waals surface area contributed by atoms with Gasteiger partial charge in [-0.15, -0.1) is 69.1 Å². The van der Waals surface area contributed by atoms with Crippen molar-refractivity contribution in [2.24, 2.45) is 0 Å². The van der Waals surface area contributed by atoms with Crippen LogP contribution in [0.3, 0.4) is 0 Å². The first kappa shape index (κ1) is 42.9. The molecule has 0 aliphatic rings. The normalized spacial score (nSPS) is 11.0. The minimum atomic E-state index is -4.31. The predicted octanol–water partition coefficient (Wildman–Crippen LogP) is 16.0. The Hall–Kier alpha value is -4.20. The maximum absolute atomic E-state index is 12.8. The Morgan fingerprint density at radius 2 is 0.768 bits per heavy atom. The molecule has 0 atom stereocenters. The molecule has 0 aliphatic heterocycles. The number of halogens is 8. The third-order valence-electron chi connectivity index (χ3n) is 8.76. The van der Waals surface area contributed by atoms with Crippen LogP contribution in [0.4, 0.5) is 26.3 Å². The molecule has 0 unspecified atom stereocenters. The Bertz CT molecular complexity index is 2250. The van der Waals surface area contributed by atoms with E-state index in [0.29, 0.717) is 0 Å². The van der Waals surface area contributed by atoms with Crippen molar-refractivity contribution in [3.05, 3.63) is 181 Å². The molecule has 8 rings (SSSR count). The standard InChI is InChI=1S/2C22H14F3.C2H6Si.2ClH.Zr/c2*23-22(24,25)19-11-9-16(10-12-19)20-8-4-7-17-13-18(14-21(17)20)15-5-2-1-3-6-15;1-3-2;;;/h2*1-14H;1-2H3;2*1H;/q2*-1;;;;+4/p-2. The zero-order valence-corrected chi connectivity index (χ0v) is 35.2. The maximum atomic E-state index is 12.8. The minimum absolute atomic E-state index is 0.629. The summed E-state index contributed by atoms with van der Waals surface area (Å²) >= 11 is -0.826. The third kappa shape index (κ3) is 11.0. The zero-order valence-electron chi connectivity index (χ0n) is 30.2. The summed E-state index contributed by atoms with van der Waals surface area (Å²) < 4.78 is 76.6. The van der Waals surface area contributed by atoms with Crippen LogP contribution in [0.5, 0.6) is 0 Å². The molecule has 0 aromatic heterocycles. The van der Waals surface area contributed by atoms with Crippen molar-refractivity contribution >= 4 is 48.1 Å². The number of benzene rings is 6. The molecule has 2 radical (unpaired) electrons. The van der Waals surface area contributed by atoms with Gasteiger partial charge in [0, 0.05) is 9.52 Å². The Balaban J connectivity index is 0.000000188. The van der Waals surface area contributed by atoms with Crippen LogP contribution in [-0.2, 0) is 33.2 Å². The van der Waals surface area contributed by atoms with E-state index in [-0.39, 0.29) is 0 Å². The molecule has 0 aliphatic carbocycles. The molecule has 0 spiro atoms. The Morgan fingerprint density at radius 3 is 1.07 bits per heavy atom. The van der Waals surface area contributed by atoms with Gasteiger partial charge in [-0.25, -0.2) is 0 Å². The van der Waals surface area contributed by atoms with Gasteiger partial charge in [0.2, 0.25) is 0 Å². The van der Waals surface area contributed by atoms with Crippen molar-refractivity contribution in [3.8, 4) is 44.5 Å².